The number of amides is 2. The number of hydrogen-bond acceptors (Lipinski definition) is 4. The van der Waals surface area contributed by atoms with Crippen LogP contribution in [-0.2, 0) is 4.79 Å². The smallest absolute Gasteiger partial charge is 0.270 e. The van der Waals surface area contributed by atoms with Crippen LogP contribution in [0.3, 0.4) is 0 Å². The standard InChI is InChI=1S/C13H20N4O2.ClH/c1-8(11(18)17-13(2,3)4)15-12(19)9-6-5-7-10(14)16-9;/h5-8H,1-4H3,(H2,14,16)(H,15,19)(H,17,18);1H. The first-order chi connectivity index (χ1) is 8.69. The summed E-state index contributed by atoms with van der Waals surface area (Å²) in [5.74, 6) is -0.409. The van der Waals surface area contributed by atoms with E-state index in [4.69, 9.17) is 5.73 Å². The number of pyridine rings is 1. The van der Waals surface area contributed by atoms with Crippen molar-refractivity contribution in [3.8, 4) is 0 Å². The quantitative estimate of drug-likeness (QED) is 0.779. The number of hydrogen-bond donors (Lipinski definition) is 3. The monoisotopic (exact) mass is 300 g/mol. The van der Waals surface area contributed by atoms with E-state index in [0.717, 1.165) is 0 Å². The minimum atomic E-state index is -0.644. The molecule has 6 nitrogen and oxygen atoms in total. The van der Waals surface area contributed by atoms with Crippen LogP contribution in [0.4, 0.5) is 5.82 Å². The second kappa shape index (κ2) is 7.09. The molecule has 20 heavy (non-hydrogen) atoms. The van der Waals surface area contributed by atoms with E-state index in [-0.39, 0.29) is 35.4 Å². The Morgan fingerprint density at radius 3 is 2.40 bits per heavy atom. The third-order valence-electron chi connectivity index (χ3n) is 2.24. The average molecular weight is 301 g/mol. The maximum atomic E-state index is 11.9. The van der Waals surface area contributed by atoms with Gasteiger partial charge < -0.3 is 16.4 Å². The molecule has 1 aromatic heterocycles. The lowest BCUT2D eigenvalue weighted by atomic mass is 10.1. The Bertz CT molecular complexity index is 486. The lowest BCUT2D eigenvalue weighted by Crippen LogP contribution is -2.50. The van der Waals surface area contributed by atoms with Crippen molar-refractivity contribution >= 4 is 30.0 Å². The number of nitrogens with two attached hydrogens (primary N) is 1. The van der Waals surface area contributed by atoms with Crippen LogP contribution in [0.15, 0.2) is 18.2 Å². The molecule has 4 N–H and O–H groups in total. The topological polar surface area (TPSA) is 97.1 Å². The van der Waals surface area contributed by atoms with Crippen LogP contribution in [0.1, 0.15) is 38.2 Å². The van der Waals surface area contributed by atoms with Crippen molar-refractivity contribution < 1.29 is 9.59 Å². The molecule has 1 aromatic rings. The molecule has 0 saturated carbocycles. The largest absolute Gasteiger partial charge is 0.384 e. The van der Waals surface area contributed by atoms with Crippen molar-refractivity contribution in [2.24, 2.45) is 0 Å². The Morgan fingerprint density at radius 1 is 1.30 bits per heavy atom. The summed E-state index contributed by atoms with van der Waals surface area (Å²) >= 11 is 0. The number of rotatable bonds is 3. The number of carbonyl (C=O) groups is 2. The normalized spacial score (nSPS) is 12.0. The summed E-state index contributed by atoms with van der Waals surface area (Å²) in [5, 5.41) is 5.37. The summed E-state index contributed by atoms with van der Waals surface area (Å²) in [6.45, 7) is 7.24. The van der Waals surface area contributed by atoms with Gasteiger partial charge in [0.1, 0.15) is 17.6 Å². The number of anilines is 1. The summed E-state index contributed by atoms with van der Waals surface area (Å²) in [4.78, 5) is 27.6. The van der Waals surface area contributed by atoms with Crippen LogP contribution >= 0.6 is 12.4 Å². The van der Waals surface area contributed by atoms with E-state index in [2.05, 4.69) is 15.6 Å². The third kappa shape index (κ3) is 5.88. The molecule has 0 bridgehead atoms. The zero-order chi connectivity index (χ0) is 14.6. The number of nitrogens with one attached hydrogen (secondary N) is 2. The number of halogens is 1. The Morgan fingerprint density at radius 2 is 1.90 bits per heavy atom. The Kier molecular flexibility index (Phi) is 6.45. The summed E-state index contributed by atoms with van der Waals surface area (Å²) in [6, 6.07) is 4.12. The molecule has 2 amide bonds. The zero-order valence-electron chi connectivity index (χ0n) is 12.1. The maximum absolute atomic E-state index is 11.9. The second-order valence-corrected chi connectivity index (χ2v) is 5.38. The minimum absolute atomic E-state index is 0. The van der Waals surface area contributed by atoms with Gasteiger partial charge in [-0.2, -0.15) is 0 Å². The van der Waals surface area contributed by atoms with Crippen LogP contribution in [0.2, 0.25) is 0 Å². The van der Waals surface area contributed by atoms with Crippen LogP contribution in [0, 0.1) is 0 Å². The van der Waals surface area contributed by atoms with Crippen molar-refractivity contribution in [2.45, 2.75) is 39.3 Å². The lowest BCUT2D eigenvalue weighted by molar-refractivity contribution is -0.124. The van der Waals surface area contributed by atoms with Gasteiger partial charge >= 0.3 is 0 Å². The fourth-order valence-corrected chi connectivity index (χ4v) is 1.39. The first-order valence-corrected chi connectivity index (χ1v) is 6.04. The number of nitrogen functional groups attached to an aromatic ring is 1. The molecule has 0 spiro atoms. The van der Waals surface area contributed by atoms with E-state index in [0.29, 0.717) is 0 Å². The number of carbonyl (C=O) groups excluding carboxylic acids is 2. The third-order valence-corrected chi connectivity index (χ3v) is 2.24. The predicted octanol–water partition coefficient (Wildman–Crippen LogP) is 1.12. The molecule has 1 rings (SSSR count). The van der Waals surface area contributed by atoms with E-state index >= 15 is 0 Å². The average Bonchev–Trinajstić information content (AvgIpc) is 2.26. The molecule has 0 saturated heterocycles. The summed E-state index contributed by atoms with van der Waals surface area (Å²) < 4.78 is 0. The molecule has 0 fully saturated rings. The van der Waals surface area contributed by atoms with E-state index in [9.17, 15) is 9.59 Å². The maximum Gasteiger partial charge on any atom is 0.270 e. The molecule has 1 heterocycles. The zero-order valence-corrected chi connectivity index (χ0v) is 12.9. The Hall–Kier alpha value is -1.82. The Balaban J connectivity index is 0.00000361. The van der Waals surface area contributed by atoms with Crippen LogP contribution in [0.25, 0.3) is 0 Å². The molecule has 0 aromatic carbocycles. The highest BCUT2D eigenvalue weighted by Gasteiger charge is 2.21. The summed E-state index contributed by atoms with van der Waals surface area (Å²) in [7, 11) is 0. The fraction of sp³-hybridized carbons (Fsp3) is 0.462. The first kappa shape index (κ1) is 18.2. The molecule has 0 aliphatic heterocycles. The van der Waals surface area contributed by atoms with Gasteiger partial charge in [-0.1, -0.05) is 6.07 Å². The highest BCUT2D eigenvalue weighted by atomic mass is 35.5. The summed E-state index contributed by atoms with van der Waals surface area (Å²) in [5.41, 5.74) is 5.35. The minimum Gasteiger partial charge on any atom is -0.384 e. The van der Waals surface area contributed by atoms with Crippen LogP contribution in [0.5, 0.6) is 0 Å². The van der Waals surface area contributed by atoms with Gasteiger partial charge in [0.15, 0.2) is 0 Å². The summed E-state index contributed by atoms with van der Waals surface area (Å²) in [6.07, 6.45) is 0. The highest BCUT2D eigenvalue weighted by molar-refractivity contribution is 5.96. The number of aromatic nitrogens is 1. The van der Waals surface area contributed by atoms with Crippen LogP contribution < -0.4 is 16.4 Å². The van der Waals surface area contributed by atoms with Gasteiger partial charge in [0, 0.05) is 5.54 Å². The van der Waals surface area contributed by atoms with Crippen molar-refractivity contribution in [3.63, 3.8) is 0 Å². The molecule has 1 atom stereocenters. The number of nitrogens with zero attached hydrogens (tertiary/aromatic N) is 1. The van der Waals surface area contributed by atoms with Crippen molar-refractivity contribution in [3.05, 3.63) is 23.9 Å². The molecular formula is C13H21ClN4O2. The molecule has 0 radical (unpaired) electrons. The van der Waals surface area contributed by atoms with Gasteiger partial charge in [-0.25, -0.2) is 4.98 Å². The SMILES string of the molecule is CC(NC(=O)c1cccc(N)n1)C(=O)NC(C)(C)C.Cl. The van der Waals surface area contributed by atoms with Gasteiger partial charge in [-0.05, 0) is 39.8 Å². The molecule has 0 aliphatic rings. The molecule has 1 unspecified atom stereocenters. The fourth-order valence-electron chi connectivity index (χ4n) is 1.39. The van der Waals surface area contributed by atoms with Crippen LogP contribution in [-0.4, -0.2) is 28.4 Å². The Labute approximate surface area is 124 Å². The van der Waals surface area contributed by atoms with Crippen molar-refractivity contribution in [1.29, 1.82) is 0 Å². The molecule has 7 heteroatoms. The van der Waals surface area contributed by atoms with E-state index in [1.165, 1.54) is 0 Å². The van der Waals surface area contributed by atoms with E-state index in [1.807, 2.05) is 20.8 Å². The van der Waals surface area contributed by atoms with Gasteiger partial charge in [-0.15, -0.1) is 12.4 Å². The molecular weight excluding hydrogens is 280 g/mol. The lowest BCUT2D eigenvalue weighted by Gasteiger charge is -2.23. The van der Waals surface area contributed by atoms with Crippen molar-refractivity contribution in [1.82, 2.24) is 15.6 Å². The first-order valence-electron chi connectivity index (χ1n) is 6.04. The van der Waals surface area contributed by atoms with Gasteiger partial charge in [0.05, 0.1) is 0 Å². The second-order valence-electron chi connectivity index (χ2n) is 5.38. The molecule has 0 aliphatic carbocycles. The van der Waals surface area contributed by atoms with Crippen molar-refractivity contribution in [2.75, 3.05) is 5.73 Å². The highest BCUT2D eigenvalue weighted by Crippen LogP contribution is 2.02. The van der Waals surface area contributed by atoms with Gasteiger partial charge in [0.25, 0.3) is 5.91 Å². The molecule has 112 valence electrons. The van der Waals surface area contributed by atoms with E-state index in [1.54, 1.807) is 25.1 Å². The van der Waals surface area contributed by atoms with Gasteiger partial charge in [-0.3, -0.25) is 9.59 Å². The predicted molar refractivity (Wildman–Crippen MR) is 80.7 cm³/mol. The van der Waals surface area contributed by atoms with E-state index < -0.39 is 11.9 Å². The van der Waals surface area contributed by atoms with Gasteiger partial charge in [0.2, 0.25) is 5.91 Å².